The van der Waals surface area contributed by atoms with Gasteiger partial charge in [0.2, 0.25) is 0 Å². The highest BCUT2D eigenvalue weighted by atomic mass is 16.5. The van der Waals surface area contributed by atoms with Crippen LogP contribution in [0.5, 0.6) is 0 Å². The zero-order valence-corrected chi connectivity index (χ0v) is 9.19. The van der Waals surface area contributed by atoms with Crippen LogP contribution in [0.3, 0.4) is 0 Å². The van der Waals surface area contributed by atoms with Crippen LogP contribution in [0.15, 0.2) is 24.3 Å². The molecule has 0 rings (SSSR count). The van der Waals surface area contributed by atoms with Crippen molar-refractivity contribution in [3.8, 4) is 0 Å². The summed E-state index contributed by atoms with van der Waals surface area (Å²) in [6, 6.07) is 0. The Morgan fingerprint density at radius 2 is 2.07 bits per heavy atom. The van der Waals surface area contributed by atoms with Crippen LogP contribution in [0, 0.1) is 0 Å². The Morgan fingerprint density at radius 3 is 2.64 bits per heavy atom. The smallest absolute Gasteiger partial charge is 0.330 e. The van der Waals surface area contributed by atoms with E-state index in [1.807, 2.05) is 27.1 Å². The van der Waals surface area contributed by atoms with Crippen LogP contribution in [0.25, 0.3) is 0 Å². The number of esters is 1. The van der Waals surface area contributed by atoms with E-state index in [9.17, 15) is 4.79 Å². The maximum absolute atomic E-state index is 11.0. The van der Waals surface area contributed by atoms with Gasteiger partial charge in [0.15, 0.2) is 0 Å². The fourth-order valence-corrected chi connectivity index (χ4v) is 0.847. The first-order valence-corrected chi connectivity index (χ1v) is 4.77. The number of allylic oxidation sites excluding steroid dienone is 3. The molecule has 0 saturated heterocycles. The van der Waals surface area contributed by atoms with E-state index in [2.05, 4.69) is 4.90 Å². The first-order valence-electron chi connectivity index (χ1n) is 4.77. The molecule has 0 saturated carbocycles. The minimum atomic E-state index is -0.276. The number of carbonyl (C=O) groups excluding carboxylic acids is 1. The quantitative estimate of drug-likeness (QED) is 0.280. The van der Waals surface area contributed by atoms with Gasteiger partial charge in [0.25, 0.3) is 0 Å². The molecule has 3 nitrogen and oxygen atoms in total. The summed E-state index contributed by atoms with van der Waals surface area (Å²) < 4.78 is 4.95. The molecule has 0 aliphatic rings. The summed E-state index contributed by atoms with van der Waals surface area (Å²) in [5, 5.41) is 0. The van der Waals surface area contributed by atoms with Crippen molar-refractivity contribution in [2.24, 2.45) is 0 Å². The van der Waals surface area contributed by atoms with E-state index < -0.39 is 0 Å². The summed E-state index contributed by atoms with van der Waals surface area (Å²) in [6.07, 6.45) is 7.62. The number of ether oxygens (including phenoxy) is 1. The van der Waals surface area contributed by atoms with E-state index in [4.69, 9.17) is 4.74 Å². The lowest BCUT2D eigenvalue weighted by Gasteiger charge is -2.08. The molecule has 80 valence electrons. The maximum atomic E-state index is 11.0. The van der Waals surface area contributed by atoms with Gasteiger partial charge in [-0.2, -0.15) is 0 Å². The number of hydrogen-bond acceptors (Lipinski definition) is 3. The second-order valence-corrected chi connectivity index (χ2v) is 3.21. The number of carbonyl (C=O) groups is 1. The van der Waals surface area contributed by atoms with Crippen LogP contribution in [-0.2, 0) is 9.53 Å². The van der Waals surface area contributed by atoms with Crippen molar-refractivity contribution >= 4 is 5.97 Å². The molecule has 0 aliphatic heterocycles. The summed E-state index contributed by atoms with van der Waals surface area (Å²) in [6.45, 7) is 3.32. The molecule has 0 aromatic carbocycles. The number of rotatable bonds is 6. The molecule has 0 unspecified atom stereocenters. The van der Waals surface area contributed by atoms with Crippen molar-refractivity contribution in [2.45, 2.75) is 13.3 Å². The lowest BCUT2D eigenvalue weighted by atomic mass is 10.4. The molecule has 0 heterocycles. The maximum Gasteiger partial charge on any atom is 0.330 e. The lowest BCUT2D eigenvalue weighted by Crippen LogP contribution is -2.15. The van der Waals surface area contributed by atoms with E-state index in [0.717, 1.165) is 13.0 Å². The zero-order chi connectivity index (χ0) is 10.8. The van der Waals surface area contributed by atoms with E-state index >= 15 is 0 Å². The van der Waals surface area contributed by atoms with Crippen LogP contribution in [0.4, 0.5) is 0 Å². The van der Waals surface area contributed by atoms with Gasteiger partial charge in [0.05, 0.1) is 6.61 Å². The van der Waals surface area contributed by atoms with Crippen LogP contribution in [0.1, 0.15) is 13.3 Å². The van der Waals surface area contributed by atoms with Crippen molar-refractivity contribution in [3.63, 3.8) is 0 Å². The molecule has 0 aromatic heterocycles. The summed E-state index contributed by atoms with van der Waals surface area (Å²) in [4.78, 5) is 13.1. The van der Waals surface area contributed by atoms with Gasteiger partial charge in [-0.25, -0.2) is 4.79 Å². The third-order valence-corrected chi connectivity index (χ3v) is 1.53. The molecule has 0 aromatic rings. The predicted octanol–water partition coefficient (Wildman–Crippen LogP) is 1.61. The largest absolute Gasteiger partial charge is 0.462 e. The van der Waals surface area contributed by atoms with Crippen LogP contribution < -0.4 is 0 Å². The van der Waals surface area contributed by atoms with Gasteiger partial charge in [-0.15, -0.1) is 0 Å². The third-order valence-electron chi connectivity index (χ3n) is 1.53. The standard InChI is InChI=1S/C11H19NO2/c1-4-5-6-8-11(13)14-10-7-9-12(2)3/h4-6,8H,7,9-10H2,1-3H3. The molecule has 0 spiro atoms. The fourth-order valence-electron chi connectivity index (χ4n) is 0.847. The molecular weight excluding hydrogens is 178 g/mol. The van der Waals surface area contributed by atoms with E-state index in [-0.39, 0.29) is 5.97 Å². The van der Waals surface area contributed by atoms with Gasteiger partial charge in [-0.3, -0.25) is 0 Å². The normalized spacial score (nSPS) is 11.7. The summed E-state index contributed by atoms with van der Waals surface area (Å²) in [5.74, 6) is -0.276. The Morgan fingerprint density at radius 1 is 1.36 bits per heavy atom. The van der Waals surface area contributed by atoms with Crippen molar-refractivity contribution in [1.82, 2.24) is 4.90 Å². The molecule has 0 aliphatic carbocycles. The summed E-state index contributed by atoms with van der Waals surface area (Å²) in [7, 11) is 3.99. The molecule has 0 atom stereocenters. The molecule has 0 amide bonds. The van der Waals surface area contributed by atoms with E-state index in [0.29, 0.717) is 6.61 Å². The Hall–Kier alpha value is -1.09. The monoisotopic (exact) mass is 197 g/mol. The Kier molecular flexibility index (Phi) is 7.84. The Balaban J connectivity index is 3.45. The first-order chi connectivity index (χ1) is 6.66. The van der Waals surface area contributed by atoms with Gasteiger partial charge < -0.3 is 9.64 Å². The van der Waals surface area contributed by atoms with Crippen LogP contribution in [0.2, 0.25) is 0 Å². The summed E-state index contributed by atoms with van der Waals surface area (Å²) in [5.41, 5.74) is 0. The average molecular weight is 197 g/mol. The molecular formula is C11H19NO2. The van der Waals surface area contributed by atoms with Crippen LogP contribution >= 0.6 is 0 Å². The second-order valence-electron chi connectivity index (χ2n) is 3.21. The highest BCUT2D eigenvalue weighted by Gasteiger charge is 1.95. The van der Waals surface area contributed by atoms with Gasteiger partial charge in [-0.05, 0) is 27.4 Å². The molecule has 0 bridgehead atoms. The minimum Gasteiger partial charge on any atom is -0.462 e. The Labute approximate surface area is 86.0 Å². The number of nitrogens with zero attached hydrogens (tertiary/aromatic N) is 1. The van der Waals surface area contributed by atoms with Crippen molar-refractivity contribution in [3.05, 3.63) is 24.3 Å². The summed E-state index contributed by atoms with van der Waals surface area (Å²) >= 11 is 0. The van der Waals surface area contributed by atoms with Crippen LogP contribution in [-0.4, -0.2) is 38.1 Å². The SMILES string of the molecule is CC=CC=CC(=O)OCCCN(C)C. The van der Waals surface area contributed by atoms with Crippen molar-refractivity contribution in [1.29, 1.82) is 0 Å². The fraction of sp³-hybridized carbons (Fsp3) is 0.545. The van der Waals surface area contributed by atoms with Crippen molar-refractivity contribution < 1.29 is 9.53 Å². The second kappa shape index (κ2) is 8.51. The highest BCUT2D eigenvalue weighted by molar-refractivity contribution is 5.82. The zero-order valence-electron chi connectivity index (χ0n) is 9.19. The predicted molar refractivity (Wildman–Crippen MR) is 58.1 cm³/mol. The van der Waals surface area contributed by atoms with E-state index in [1.165, 1.54) is 6.08 Å². The van der Waals surface area contributed by atoms with Gasteiger partial charge >= 0.3 is 5.97 Å². The lowest BCUT2D eigenvalue weighted by molar-refractivity contribution is -0.137. The van der Waals surface area contributed by atoms with Gasteiger partial charge in [-0.1, -0.05) is 18.2 Å². The first kappa shape index (κ1) is 12.9. The molecule has 0 N–H and O–H groups in total. The molecule has 0 radical (unpaired) electrons. The molecule has 14 heavy (non-hydrogen) atoms. The third kappa shape index (κ3) is 9.00. The number of hydrogen-bond donors (Lipinski definition) is 0. The molecule has 0 fully saturated rings. The minimum absolute atomic E-state index is 0.276. The van der Waals surface area contributed by atoms with Gasteiger partial charge in [0, 0.05) is 12.6 Å². The topological polar surface area (TPSA) is 29.5 Å². The Bertz CT molecular complexity index is 207. The van der Waals surface area contributed by atoms with Gasteiger partial charge in [0.1, 0.15) is 0 Å². The highest BCUT2D eigenvalue weighted by Crippen LogP contribution is 1.88. The van der Waals surface area contributed by atoms with Crippen molar-refractivity contribution in [2.75, 3.05) is 27.2 Å². The van der Waals surface area contributed by atoms with E-state index in [1.54, 1.807) is 12.2 Å². The molecule has 3 heteroatoms. The average Bonchev–Trinajstić information content (AvgIpc) is 2.13.